The van der Waals surface area contributed by atoms with E-state index in [0.29, 0.717) is 24.6 Å². The average Bonchev–Trinajstić information content (AvgIpc) is 3.18. The minimum Gasteiger partial charge on any atom is -0.343 e. The second kappa shape index (κ2) is 7.70. The molecule has 4 rings (SSSR count). The zero-order valence-electron chi connectivity index (χ0n) is 14.7. The Labute approximate surface area is 156 Å². The van der Waals surface area contributed by atoms with Crippen LogP contribution in [0.2, 0.25) is 0 Å². The molecule has 2 aromatic rings. The molecule has 2 aliphatic rings. The minimum atomic E-state index is -0.376. The molecule has 2 heterocycles. The Morgan fingerprint density at radius 3 is 2.58 bits per heavy atom. The van der Waals surface area contributed by atoms with Crippen LogP contribution in [0.25, 0.3) is 0 Å². The third-order valence-electron chi connectivity index (χ3n) is 5.29. The second-order valence-electron chi connectivity index (χ2n) is 7.05. The van der Waals surface area contributed by atoms with E-state index in [-0.39, 0.29) is 11.7 Å². The first-order chi connectivity index (χ1) is 12.7. The van der Waals surface area contributed by atoms with Gasteiger partial charge < -0.3 is 9.80 Å². The van der Waals surface area contributed by atoms with Gasteiger partial charge in [0.25, 0.3) is 5.91 Å². The monoisotopic (exact) mass is 374 g/mol. The Bertz CT molecular complexity index is 766. The lowest BCUT2D eigenvalue weighted by Gasteiger charge is -2.34. The Morgan fingerprint density at radius 2 is 1.85 bits per heavy atom. The van der Waals surface area contributed by atoms with Crippen molar-refractivity contribution in [1.82, 2.24) is 15.1 Å². The first-order valence-corrected chi connectivity index (χ1v) is 10.2. The standard InChI is InChI=1S/C19H23FN4OS/c20-16-8-4-7-15(13-16)18(25)23-9-11-24(12-10-23)19-22-21-17(26-19)14-5-2-1-3-6-14/h4,7-8,13-14H,1-3,5-6,9-12H2. The first-order valence-electron chi connectivity index (χ1n) is 9.34. The highest BCUT2D eigenvalue weighted by Crippen LogP contribution is 2.36. The van der Waals surface area contributed by atoms with Crippen molar-refractivity contribution < 1.29 is 9.18 Å². The fourth-order valence-electron chi connectivity index (χ4n) is 3.77. The molecule has 1 aromatic carbocycles. The lowest BCUT2D eigenvalue weighted by Crippen LogP contribution is -2.48. The van der Waals surface area contributed by atoms with Gasteiger partial charge in [-0.2, -0.15) is 0 Å². The van der Waals surface area contributed by atoms with Gasteiger partial charge in [0.05, 0.1) is 0 Å². The number of carbonyl (C=O) groups excluding carboxylic acids is 1. The molecule has 138 valence electrons. The summed E-state index contributed by atoms with van der Waals surface area (Å²) in [5, 5.41) is 11.0. The van der Waals surface area contributed by atoms with Crippen molar-refractivity contribution in [3.05, 3.63) is 40.7 Å². The van der Waals surface area contributed by atoms with Gasteiger partial charge >= 0.3 is 0 Å². The Kier molecular flexibility index (Phi) is 5.15. The van der Waals surface area contributed by atoms with Crippen molar-refractivity contribution in [2.75, 3.05) is 31.1 Å². The number of aromatic nitrogens is 2. The summed E-state index contributed by atoms with van der Waals surface area (Å²) in [4.78, 5) is 16.5. The van der Waals surface area contributed by atoms with Gasteiger partial charge in [-0.3, -0.25) is 4.79 Å². The molecule has 0 atom stereocenters. The maximum Gasteiger partial charge on any atom is 0.254 e. The molecule has 1 saturated carbocycles. The predicted molar refractivity (Wildman–Crippen MR) is 100 cm³/mol. The van der Waals surface area contributed by atoms with Crippen LogP contribution >= 0.6 is 11.3 Å². The highest BCUT2D eigenvalue weighted by Gasteiger charge is 2.26. The molecule has 7 heteroatoms. The Morgan fingerprint density at radius 1 is 1.08 bits per heavy atom. The van der Waals surface area contributed by atoms with Crippen molar-refractivity contribution in [1.29, 1.82) is 0 Å². The summed E-state index contributed by atoms with van der Waals surface area (Å²) in [5.41, 5.74) is 0.411. The topological polar surface area (TPSA) is 49.3 Å². The van der Waals surface area contributed by atoms with Crippen molar-refractivity contribution >= 4 is 22.4 Å². The number of nitrogens with zero attached hydrogens (tertiary/aromatic N) is 4. The van der Waals surface area contributed by atoms with Gasteiger partial charge in [-0.25, -0.2) is 4.39 Å². The predicted octanol–water partition coefficient (Wildman–Crippen LogP) is 3.69. The van der Waals surface area contributed by atoms with Crippen LogP contribution in [0.1, 0.15) is 53.4 Å². The summed E-state index contributed by atoms with van der Waals surface area (Å²) in [7, 11) is 0. The lowest BCUT2D eigenvalue weighted by atomic mass is 9.90. The van der Waals surface area contributed by atoms with Gasteiger partial charge in [-0.15, -0.1) is 10.2 Å². The summed E-state index contributed by atoms with van der Waals surface area (Å²) in [5.74, 6) is 0.0914. The van der Waals surface area contributed by atoms with E-state index in [2.05, 4.69) is 15.1 Å². The van der Waals surface area contributed by atoms with E-state index in [0.717, 1.165) is 23.2 Å². The molecule has 5 nitrogen and oxygen atoms in total. The van der Waals surface area contributed by atoms with E-state index in [1.165, 1.54) is 44.2 Å². The largest absolute Gasteiger partial charge is 0.343 e. The molecule has 0 spiro atoms. The number of rotatable bonds is 3. The third kappa shape index (κ3) is 3.72. The van der Waals surface area contributed by atoms with Crippen LogP contribution < -0.4 is 4.90 Å². The van der Waals surface area contributed by atoms with Gasteiger partial charge in [0.2, 0.25) is 5.13 Å². The number of anilines is 1. The summed E-state index contributed by atoms with van der Waals surface area (Å²) < 4.78 is 13.3. The zero-order chi connectivity index (χ0) is 17.9. The number of amides is 1. The fourth-order valence-corrected chi connectivity index (χ4v) is 4.84. The van der Waals surface area contributed by atoms with Gasteiger partial charge in [-0.1, -0.05) is 36.7 Å². The van der Waals surface area contributed by atoms with Crippen molar-refractivity contribution in [2.45, 2.75) is 38.0 Å². The first kappa shape index (κ1) is 17.4. The van der Waals surface area contributed by atoms with Crippen LogP contribution in [0, 0.1) is 5.82 Å². The van der Waals surface area contributed by atoms with Crippen LogP contribution in [0.3, 0.4) is 0 Å². The van der Waals surface area contributed by atoms with E-state index in [9.17, 15) is 9.18 Å². The van der Waals surface area contributed by atoms with Crippen LogP contribution in [0.15, 0.2) is 24.3 Å². The van der Waals surface area contributed by atoms with Gasteiger partial charge in [0.15, 0.2) is 0 Å². The number of halogens is 1. The van der Waals surface area contributed by atoms with E-state index in [1.807, 2.05) is 0 Å². The molecule has 26 heavy (non-hydrogen) atoms. The summed E-state index contributed by atoms with van der Waals surface area (Å²) in [6.07, 6.45) is 6.37. The van der Waals surface area contributed by atoms with Gasteiger partial charge in [0.1, 0.15) is 10.8 Å². The molecular formula is C19H23FN4OS. The Hall–Kier alpha value is -2.02. The van der Waals surface area contributed by atoms with E-state index in [1.54, 1.807) is 28.4 Å². The van der Waals surface area contributed by atoms with Crippen LogP contribution in [-0.4, -0.2) is 47.2 Å². The van der Waals surface area contributed by atoms with E-state index in [4.69, 9.17) is 0 Å². The van der Waals surface area contributed by atoms with Crippen LogP contribution in [0.5, 0.6) is 0 Å². The molecule has 1 aliphatic carbocycles. The van der Waals surface area contributed by atoms with Crippen molar-refractivity contribution in [2.24, 2.45) is 0 Å². The quantitative estimate of drug-likeness (QED) is 0.822. The van der Waals surface area contributed by atoms with Gasteiger partial charge in [0, 0.05) is 37.7 Å². The highest BCUT2D eigenvalue weighted by molar-refractivity contribution is 7.15. The maximum absolute atomic E-state index is 13.3. The molecule has 1 amide bonds. The molecular weight excluding hydrogens is 351 g/mol. The number of carbonyl (C=O) groups is 1. The lowest BCUT2D eigenvalue weighted by molar-refractivity contribution is 0.0746. The Balaban J connectivity index is 1.36. The summed E-state index contributed by atoms with van der Waals surface area (Å²) >= 11 is 1.70. The number of hydrogen-bond donors (Lipinski definition) is 0. The zero-order valence-corrected chi connectivity index (χ0v) is 15.6. The van der Waals surface area contributed by atoms with Crippen molar-refractivity contribution in [3.8, 4) is 0 Å². The van der Waals surface area contributed by atoms with Crippen molar-refractivity contribution in [3.63, 3.8) is 0 Å². The minimum absolute atomic E-state index is 0.107. The van der Waals surface area contributed by atoms with E-state index < -0.39 is 0 Å². The van der Waals surface area contributed by atoms with Crippen LogP contribution in [0.4, 0.5) is 9.52 Å². The fraction of sp³-hybridized carbons (Fsp3) is 0.526. The third-order valence-corrected chi connectivity index (χ3v) is 6.44. The summed E-state index contributed by atoms with van der Waals surface area (Å²) in [6.45, 7) is 2.71. The average molecular weight is 374 g/mol. The van der Waals surface area contributed by atoms with Crippen LogP contribution in [-0.2, 0) is 0 Å². The molecule has 1 aliphatic heterocycles. The molecule has 1 saturated heterocycles. The smallest absolute Gasteiger partial charge is 0.254 e. The normalized spacial score (nSPS) is 19.0. The second-order valence-corrected chi connectivity index (χ2v) is 8.03. The highest BCUT2D eigenvalue weighted by atomic mass is 32.1. The molecule has 2 fully saturated rings. The van der Waals surface area contributed by atoms with E-state index >= 15 is 0 Å². The SMILES string of the molecule is O=C(c1cccc(F)c1)N1CCN(c2nnc(C3CCCCC3)s2)CC1. The number of hydrogen-bond acceptors (Lipinski definition) is 5. The van der Waals surface area contributed by atoms with Gasteiger partial charge in [-0.05, 0) is 31.0 Å². The molecule has 0 radical (unpaired) electrons. The molecule has 0 bridgehead atoms. The maximum atomic E-state index is 13.3. The molecule has 0 N–H and O–H groups in total. The summed E-state index contributed by atoms with van der Waals surface area (Å²) in [6, 6.07) is 5.90. The molecule has 1 aromatic heterocycles. The molecule has 0 unspecified atom stereocenters. The number of benzene rings is 1. The number of piperazine rings is 1.